The number of hydrogen-bond acceptors (Lipinski definition) is 4. The summed E-state index contributed by atoms with van der Waals surface area (Å²) in [6.07, 6.45) is 3.06. The number of aryl methyl sites for hydroxylation is 1. The number of carbonyl (C=O) groups is 2. The Kier molecular flexibility index (Phi) is 6.57. The quantitative estimate of drug-likeness (QED) is 0.808. The van der Waals surface area contributed by atoms with Gasteiger partial charge in [-0.3, -0.25) is 9.59 Å². The average Bonchev–Trinajstić information content (AvgIpc) is 3.11. The summed E-state index contributed by atoms with van der Waals surface area (Å²) in [6.45, 7) is 3.12. The molecule has 0 radical (unpaired) electrons. The minimum absolute atomic E-state index is 0.138. The molecule has 2 rings (SSSR count). The maximum absolute atomic E-state index is 12.4. The number of ether oxygens (including phenoxy) is 1. The Morgan fingerprint density at radius 2 is 1.92 bits per heavy atom. The molecule has 1 heterocycles. The molecule has 2 amide bonds. The van der Waals surface area contributed by atoms with E-state index in [1.807, 2.05) is 31.2 Å². The van der Waals surface area contributed by atoms with Gasteiger partial charge in [0.2, 0.25) is 5.91 Å². The van der Waals surface area contributed by atoms with Crippen molar-refractivity contribution in [1.29, 1.82) is 0 Å². The standard InChI is InChI=1S/C18H22N2O4/c1-14-3-5-16(6-4-14)19-17(21)7-9-20(10-12-23-2)18(22)15-8-11-24-13-15/h3-6,8,11,13H,7,9-10,12H2,1-2H3,(H,19,21). The van der Waals surface area contributed by atoms with Gasteiger partial charge in [-0.15, -0.1) is 0 Å². The Labute approximate surface area is 141 Å². The van der Waals surface area contributed by atoms with Crippen molar-refractivity contribution in [3.05, 3.63) is 54.0 Å². The van der Waals surface area contributed by atoms with Crippen LogP contribution in [-0.2, 0) is 9.53 Å². The van der Waals surface area contributed by atoms with Gasteiger partial charge in [-0.2, -0.15) is 0 Å². The van der Waals surface area contributed by atoms with E-state index in [1.165, 1.54) is 12.5 Å². The van der Waals surface area contributed by atoms with Crippen LogP contribution in [0.4, 0.5) is 5.69 Å². The van der Waals surface area contributed by atoms with E-state index in [0.717, 1.165) is 11.3 Å². The second kappa shape index (κ2) is 8.88. The second-order valence-electron chi connectivity index (χ2n) is 5.46. The monoisotopic (exact) mass is 330 g/mol. The SMILES string of the molecule is COCCN(CCC(=O)Nc1ccc(C)cc1)C(=O)c1ccoc1. The number of carbonyl (C=O) groups excluding carboxylic acids is 2. The zero-order valence-electron chi connectivity index (χ0n) is 14.0. The number of benzene rings is 1. The highest BCUT2D eigenvalue weighted by Crippen LogP contribution is 2.10. The molecule has 0 unspecified atom stereocenters. The lowest BCUT2D eigenvalue weighted by molar-refractivity contribution is -0.116. The molecule has 0 aliphatic carbocycles. The first kappa shape index (κ1) is 17.7. The molecule has 0 saturated carbocycles. The fraction of sp³-hybridized carbons (Fsp3) is 0.333. The van der Waals surface area contributed by atoms with E-state index in [1.54, 1.807) is 18.1 Å². The summed E-state index contributed by atoms with van der Waals surface area (Å²) in [5.41, 5.74) is 2.34. The normalized spacial score (nSPS) is 10.4. The predicted molar refractivity (Wildman–Crippen MR) is 90.9 cm³/mol. The average molecular weight is 330 g/mol. The lowest BCUT2D eigenvalue weighted by atomic mass is 10.2. The van der Waals surface area contributed by atoms with Gasteiger partial charge in [0.05, 0.1) is 18.4 Å². The highest BCUT2D eigenvalue weighted by molar-refractivity contribution is 5.95. The number of furan rings is 1. The number of rotatable bonds is 8. The van der Waals surface area contributed by atoms with Crippen molar-refractivity contribution in [2.24, 2.45) is 0 Å². The molecule has 0 spiro atoms. The van der Waals surface area contributed by atoms with Crippen LogP contribution in [0.2, 0.25) is 0 Å². The Balaban J connectivity index is 1.90. The van der Waals surface area contributed by atoms with E-state index >= 15 is 0 Å². The van der Waals surface area contributed by atoms with Gasteiger partial charge in [0.25, 0.3) is 5.91 Å². The molecule has 0 aliphatic rings. The molecule has 1 N–H and O–H groups in total. The van der Waals surface area contributed by atoms with Crippen LogP contribution in [0, 0.1) is 6.92 Å². The van der Waals surface area contributed by atoms with Crippen molar-refractivity contribution in [1.82, 2.24) is 4.90 Å². The molecular weight excluding hydrogens is 308 g/mol. The first-order valence-electron chi connectivity index (χ1n) is 7.77. The Bertz CT molecular complexity index is 650. The second-order valence-corrected chi connectivity index (χ2v) is 5.46. The molecule has 1 aromatic heterocycles. The third-order valence-electron chi connectivity index (χ3n) is 3.56. The lowest BCUT2D eigenvalue weighted by Gasteiger charge is -2.21. The number of methoxy groups -OCH3 is 1. The van der Waals surface area contributed by atoms with E-state index in [2.05, 4.69) is 5.32 Å². The zero-order chi connectivity index (χ0) is 17.4. The van der Waals surface area contributed by atoms with E-state index < -0.39 is 0 Å². The first-order valence-corrected chi connectivity index (χ1v) is 7.77. The highest BCUT2D eigenvalue weighted by Gasteiger charge is 2.17. The minimum atomic E-state index is -0.177. The summed E-state index contributed by atoms with van der Waals surface area (Å²) in [5, 5.41) is 2.83. The number of hydrogen-bond donors (Lipinski definition) is 1. The molecule has 0 atom stereocenters. The number of nitrogens with one attached hydrogen (secondary N) is 1. The fourth-order valence-corrected chi connectivity index (χ4v) is 2.18. The molecule has 0 aliphatic heterocycles. The van der Waals surface area contributed by atoms with Crippen molar-refractivity contribution in [2.45, 2.75) is 13.3 Å². The van der Waals surface area contributed by atoms with Gasteiger partial charge in [0.1, 0.15) is 6.26 Å². The molecule has 6 nitrogen and oxygen atoms in total. The molecule has 2 aromatic rings. The van der Waals surface area contributed by atoms with E-state index in [-0.39, 0.29) is 18.2 Å². The topological polar surface area (TPSA) is 71.8 Å². The summed E-state index contributed by atoms with van der Waals surface area (Å²) in [5.74, 6) is -0.315. The fourth-order valence-electron chi connectivity index (χ4n) is 2.18. The molecule has 0 fully saturated rings. The first-order chi connectivity index (χ1) is 11.6. The minimum Gasteiger partial charge on any atom is -0.472 e. The Morgan fingerprint density at radius 3 is 2.54 bits per heavy atom. The Hall–Kier alpha value is -2.60. The van der Waals surface area contributed by atoms with E-state index in [9.17, 15) is 9.59 Å². The van der Waals surface area contributed by atoms with E-state index in [0.29, 0.717) is 25.3 Å². The van der Waals surface area contributed by atoms with E-state index in [4.69, 9.17) is 9.15 Å². The van der Waals surface area contributed by atoms with Crippen LogP contribution < -0.4 is 5.32 Å². The smallest absolute Gasteiger partial charge is 0.257 e. The summed E-state index contributed by atoms with van der Waals surface area (Å²) in [4.78, 5) is 26.1. The van der Waals surface area contributed by atoms with Gasteiger partial charge < -0.3 is 19.4 Å². The van der Waals surface area contributed by atoms with Gasteiger partial charge in [-0.05, 0) is 25.1 Å². The van der Waals surface area contributed by atoms with Crippen LogP contribution in [0.15, 0.2) is 47.3 Å². The van der Waals surface area contributed by atoms with Crippen molar-refractivity contribution >= 4 is 17.5 Å². The van der Waals surface area contributed by atoms with Gasteiger partial charge in [0.15, 0.2) is 0 Å². The van der Waals surface area contributed by atoms with Crippen LogP contribution in [0.1, 0.15) is 22.3 Å². The van der Waals surface area contributed by atoms with Crippen molar-refractivity contribution < 1.29 is 18.7 Å². The van der Waals surface area contributed by atoms with Crippen molar-refractivity contribution in [2.75, 3.05) is 32.1 Å². The molecule has 0 bridgehead atoms. The van der Waals surface area contributed by atoms with Gasteiger partial charge in [-0.25, -0.2) is 0 Å². The molecule has 1 aromatic carbocycles. The molecule has 128 valence electrons. The molecule has 0 saturated heterocycles. The highest BCUT2D eigenvalue weighted by atomic mass is 16.5. The molecule has 6 heteroatoms. The van der Waals surface area contributed by atoms with Crippen molar-refractivity contribution in [3.8, 4) is 0 Å². The van der Waals surface area contributed by atoms with Crippen LogP contribution >= 0.6 is 0 Å². The Morgan fingerprint density at radius 1 is 1.17 bits per heavy atom. The predicted octanol–water partition coefficient (Wildman–Crippen LogP) is 2.71. The number of anilines is 1. The van der Waals surface area contributed by atoms with Crippen LogP contribution in [0.5, 0.6) is 0 Å². The van der Waals surface area contributed by atoms with Gasteiger partial charge in [-0.1, -0.05) is 17.7 Å². The van der Waals surface area contributed by atoms with Gasteiger partial charge in [0, 0.05) is 32.3 Å². The van der Waals surface area contributed by atoms with Crippen LogP contribution in [-0.4, -0.2) is 43.5 Å². The lowest BCUT2D eigenvalue weighted by Crippen LogP contribution is -2.36. The maximum Gasteiger partial charge on any atom is 0.257 e. The third-order valence-corrected chi connectivity index (χ3v) is 3.56. The largest absolute Gasteiger partial charge is 0.472 e. The summed E-state index contributed by atoms with van der Waals surface area (Å²) < 4.78 is 9.98. The molecular formula is C18H22N2O4. The summed E-state index contributed by atoms with van der Waals surface area (Å²) in [6, 6.07) is 9.18. The summed E-state index contributed by atoms with van der Waals surface area (Å²) >= 11 is 0. The molecule has 24 heavy (non-hydrogen) atoms. The van der Waals surface area contributed by atoms with Crippen molar-refractivity contribution in [3.63, 3.8) is 0 Å². The number of nitrogens with zero attached hydrogens (tertiary/aromatic N) is 1. The van der Waals surface area contributed by atoms with Gasteiger partial charge >= 0.3 is 0 Å². The number of amides is 2. The summed E-state index contributed by atoms with van der Waals surface area (Å²) in [7, 11) is 1.57. The van der Waals surface area contributed by atoms with Crippen LogP contribution in [0.3, 0.4) is 0 Å². The van der Waals surface area contributed by atoms with Crippen LogP contribution in [0.25, 0.3) is 0 Å². The maximum atomic E-state index is 12.4. The zero-order valence-corrected chi connectivity index (χ0v) is 14.0. The third kappa shape index (κ3) is 5.24.